The number of phenols is 1. The molecule has 3 atom stereocenters. The lowest BCUT2D eigenvalue weighted by atomic mass is 9.85. The Bertz CT molecular complexity index is 6540. The van der Waals surface area contributed by atoms with Crippen LogP contribution in [0.4, 0.5) is 24.0 Å². The quantitative estimate of drug-likeness (QED) is 0.0270. The Balaban J connectivity index is 0.000000192. The normalized spacial score (nSPS) is 16.7. The summed E-state index contributed by atoms with van der Waals surface area (Å²) in [5.41, 5.74) is 2.26. The zero-order valence-electron chi connectivity index (χ0n) is 82.4. The van der Waals surface area contributed by atoms with E-state index in [0.717, 1.165) is 55.1 Å². The van der Waals surface area contributed by atoms with Crippen LogP contribution in [0.5, 0.6) is 17.2 Å². The number of alkyl carbamates (subject to hydrolysis) is 2. The van der Waals surface area contributed by atoms with Gasteiger partial charge in [-0.05, 0) is 253 Å². The molecular formula is C101H122N8O29. The second-order valence-corrected chi connectivity index (χ2v) is 39.0. The summed E-state index contributed by atoms with van der Waals surface area (Å²) < 4.78 is 67.4. The van der Waals surface area contributed by atoms with Crippen molar-refractivity contribution < 1.29 is 125 Å². The van der Waals surface area contributed by atoms with Gasteiger partial charge in [0.05, 0.1) is 87.0 Å². The van der Waals surface area contributed by atoms with Crippen molar-refractivity contribution in [3.05, 3.63) is 184 Å². The first-order valence-corrected chi connectivity index (χ1v) is 45.2. The second-order valence-electron chi connectivity index (χ2n) is 39.0. The molecule has 2 amide bonds. The van der Waals surface area contributed by atoms with E-state index in [1.54, 1.807) is 232 Å². The number of pyridine rings is 6. The largest absolute Gasteiger partial charge is 0.514 e. The lowest BCUT2D eigenvalue weighted by Crippen LogP contribution is -2.49. The van der Waals surface area contributed by atoms with Crippen LogP contribution in [-0.2, 0) is 147 Å². The molecule has 6 aromatic heterocycles. The molecule has 15 rings (SSSR count). The fourth-order valence-corrected chi connectivity index (χ4v) is 16.3. The van der Waals surface area contributed by atoms with Crippen molar-refractivity contribution in [1.82, 2.24) is 39.3 Å². The molecule has 37 nitrogen and oxygen atoms in total. The molecule has 37 heteroatoms. The van der Waals surface area contributed by atoms with E-state index in [4.69, 9.17) is 76.9 Å². The number of carboxylic acid groups (broad SMARTS) is 1. The van der Waals surface area contributed by atoms with E-state index in [-0.39, 0.29) is 90.5 Å². The zero-order chi connectivity index (χ0) is 103. The molecule has 3 aromatic carbocycles. The number of nitrogens with zero attached hydrogens (tertiary/aromatic N) is 6. The van der Waals surface area contributed by atoms with Crippen LogP contribution in [-0.4, -0.2) is 156 Å². The Hall–Kier alpha value is -14.1. The summed E-state index contributed by atoms with van der Waals surface area (Å²) in [5.74, 6) is -3.52. The number of hydrogen-bond acceptors (Lipinski definition) is 31. The molecular weight excluding hydrogens is 1790 g/mol. The van der Waals surface area contributed by atoms with Crippen LogP contribution in [0.2, 0.25) is 0 Å². The predicted molar refractivity (Wildman–Crippen MR) is 505 cm³/mol. The average Bonchev–Trinajstić information content (AvgIpc) is 1.53. The Morgan fingerprint density at radius 3 is 1.04 bits per heavy atom. The molecule has 0 unspecified atom stereocenters. The number of phenolic OH excluding ortho intramolecular Hbond substituents is 1. The van der Waals surface area contributed by atoms with Crippen LogP contribution < -0.4 is 36.8 Å². The van der Waals surface area contributed by atoms with Crippen LogP contribution in [0, 0.1) is 0 Å². The first-order chi connectivity index (χ1) is 64.2. The molecule has 6 aliphatic heterocycles. The third-order valence-electron chi connectivity index (χ3n) is 22.2. The number of aliphatic carboxylic acids is 1. The van der Waals surface area contributed by atoms with Gasteiger partial charge in [-0.15, -0.1) is 13.2 Å². The number of ether oxygens (including phenoxy) is 12. The lowest BCUT2D eigenvalue weighted by Gasteiger charge is -2.35. The first-order valence-electron chi connectivity index (χ1n) is 45.2. The van der Waals surface area contributed by atoms with E-state index >= 15 is 0 Å². The highest BCUT2D eigenvalue weighted by molar-refractivity contribution is 5.95. The molecule has 740 valence electrons. The van der Waals surface area contributed by atoms with Crippen molar-refractivity contribution >= 4 is 93.2 Å². The highest BCUT2D eigenvalue weighted by Crippen LogP contribution is 2.47. The number of aromatic hydroxyl groups is 1. The molecule has 9 aromatic rings. The van der Waals surface area contributed by atoms with Gasteiger partial charge in [0.15, 0.2) is 11.2 Å². The SMILES string of the molecule is C=C.CC(C)(C)OC(=O)NCC(=O)O.CC(C)(C)OC(=O)OC(C)(C)C.CCc1c2c(nc3ccc(O)cc13)-c1cc3c(c(=O)n1C2)COC(=O)[C@]3(O)CC.CCc1c2c(nc3ccc(OC(=O)OC(C)(C)C)cc13)-c1cc3c(c(=O)n1C2)COC(=O)[C@@]3(CC)OC(=O)CNC(=O)OC(C)(C)C.CCc1c2c(nc3ccc(OC(=O)OC(C)(C)C)cc13)-c1cc3c(c(=O)n1C2)COC(=O)[C@]3(O)CC. The first kappa shape index (κ1) is 106. The minimum atomic E-state index is -1.92. The van der Waals surface area contributed by atoms with Gasteiger partial charge in [0.25, 0.3) is 16.7 Å². The number of esters is 4. The second kappa shape index (κ2) is 40.7. The maximum absolute atomic E-state index is 14.0. The van der Waals surface area contributed by atoms with Crippen molar-refractivity contribution in [3.63, 3.8) is 0 Å². The standard InChI is InChI=1S/C34H39N3O10.C27H28N2O7.C22H20N2O5.C9H18O3.C7H13NO4.C2H4/c1-9-19-20-13-18(44-31(42)47-33(6,7)8)11-12-24(20)36-27-21(19)16-37-25(27)14-23-22(28(37)39)17-43-29(40)34(23,10-2)45-26(38)15-35-30(41)46-32(3,4)5;1-6-15-16-10-14(35-25(32)36-26(3,4)5)8-9-20(16)28-22-17(15)12-29-21(22)11-19-18(23(29)30)13-34-24(31)27(19,33)7-2;1-3-12-13-7-11(25)5-6-17(13)23-19-14(12)9-24-18(19)8-16-15(20(24)26)10-29-21(27)22(16,28)4-2;1-8(2,3)11-7(10)12-9(4,5)6;1-7(2,3)12-6(11)8-4-5(9)10;1-2/h11-14H,9-10,15-17H2,1-8H3,(H,35,41);8-11,33H,6-7,12-13H2,1-5H3;5-8,25,28H,3-4,9-10H2,1-2H3;1-6H3;4H2,1-3H3,(H,8,11)(H,9,10);1-2H2/t34-;27-;22-;;;/m000.../s1. The summed E-state index contributed by atoms with van der Waals surface area (Å²) in [6, 6.07) is 20.3. The van der Waals surface area contributed by atoms with E-state index in [0.29, 0.717) is 94.4 Å². The number of hydrogen-bond donors (Lipinski definition) is 6. The smallest absolute Gasteiger partial charge is 0.508 e. The van der Waals surface area contributed by atoms with Crippen LogP contribution >= 0.6 is 0 Å². The number of carbonyl (C=O) groups excluding carboxylic acids is 9. The molecule has 138 heavy (non-hydrogen) atoms. The zero-order valence-corrected chi connectivity index (χ0v) is 82.4. The third-order valence-corrected chi connectivity index (χ3v) is 22.2. The molecule has 0 fully saturated rings. The Morgan fingerprint density at radius 1 is 0.406 bits per heavy atom. The van der Waals surface area contributed by atoms with Gasteiger partial charge in [-0.2, -0.15) is 0 Å². The highest BCUT2D eigenvalue weighted by Gasteiger charge is 2.52. The monoisotopic (exact) mass is 1910 g/mol. The molecule has 0 saturated carbocycles. The number of amides is 2. The molecule has 0 spiro atoms. The summed E-state index contributed by atoms with van der Waals surface area (Å²) in [7, 11) is 0. The summed E-state index contributed by atoms with van der Waals surface area (Å²) in [6.07, 6.45) is -1.66. The maximum atomic E-state index is 14.0. The van der Waals surface area contributed by atoms with Gasteiger partial charge in [0.2, 0.25) is 5.60 Å². The van der Waals surface area contributed by atoms with Crippen molar-refractivity contribution in [2.75, 3.05) is 13.1 Å². The van der Waals surface area contributed by atoms with Gasteiger partial charge in [-0.3, -0.25) is 24.0 Å². The van der Waals surface area contributed by atoms with Crippen LogP contribution in [0.3, 0.4) is 0 Å². The Kier molecular flexibility index (Phi) is 31.2. The number of carboxylic acids is 1. The number of aromatic nitrogens is 6. The van der Waals surface area contributed by atoms with E-state index in [9.17, 15) is 77.6 Å². The molecule has 0 bridgehead atoms. The number of carbonyl (C=O) groups is 10. The van der Waals surface area contributed by atoms with Gasteiger partial charge in [0, 0.05) is 49.5 Å². The predicted octanol–water partition coefficient (Wildman–Crippen LogP) is 15.5. The van der Waals surface area contributed by atoms with Crippen LogP contribution in [0.15, 0.2) is 100 Å². The van der Waals surface area contributed by atoms with Crippen molar-refractivity contribution in [1.29, 1.82) is 0 Å². The summed E-state index contributed by atoms with van der Waals surface area (Å²) in [6.45, 7) is 47.8. The molecule has 6 aliphatic rings. The molecule has 12 heterocycles. The number of aliphatic hydroxyl groups is 2. The van der Waals surface area contributed by atoms with Gasteiger partial charge >= 0.3 is 60.5 Å². The number of fused-ring (bicyclic) bond motifs is 15. The third kappa shape index (κ3) is 23.4. The maximum Gasteiger partial charge on any atom is 0.514 e. The Labute approximate surface area is 796 Å². The minimum Gasteiger partial charge on any atom is -0.508 e. The number of cyclic esters (lactones) is 3. The number of benzene rings is 3. The number of aryl methyl sites for hydroxylation is 3. The topological polar surface area (TPSA) is 491 Å². The van der Waals surface area contributed by atoms with E-state index in [1.807, 2.05) is 20.8 Å². The van der Waals surface area contributed by atoms with Crippen molar-refractivity contribution in [2.24, 2.45) is 0 Å². The summed E-state index contributed by atoms with van der Waals surface area (Å²) in [4.78, 5) is 174. The van der Waals surface area contributed by atoms with E-state index in [2.05, 4.69) is 23.8 Å². The van der Waals surface area contributed by atoms with Gasteiger partial charge in [-0.25, -0.2) is 53.3 Å². The number of rotatable bonds is 13. The summed E-state index contributed by atoms with van der Waals surface area (Å²) >= 11 is 0. The number of nitrogens with one attached hydrogen (secondary N) is 2. The lowest BCUT2D eigenvalue weighted by molar-refractivity contribution is -0.188. The van der Waals surface area contributed by atoms with Gasteiger partial charge < -0.3 is 102 Å². The van der Waals surface area contributed by atoms with E-state index < -0.39 is 130 Å². The fourth-order valence-electron chi connectivity index (χ4n) is 16.3. The van der Waals surface area contributed by atoms with Crippen molar-refractivity contribution in [3.8, 4) is 51.4 Å². The average molecular weight is 1910 g/mol. The van der Waals surface area contributed by atoms with Gasteiger partial charge in [0.1, 0.15) is 83.8 Å². The summed E-state index contributed by atoms with van der Waals surface area (Å²) in [5, 5.41) is 46.9. The minimum absolute atomic E-state index is 0.0292. The molecule has 6 N–H and O–H groups in total. The molecule has 0 saturated heterocycles. The molecule has 0 radical (unpaired) electrons. The molecule has 0 aliphatic carbocycles. The highest BCUT2D eigenvalue weighted by atomic mass is 16.8. The van der Waals surface area contributed by atoms with Gasteiger partial charge in [-0.1, -0.05) is 41.5 Å². The Morgan fingerprint density at radius 2 is 0.717 bits per heavy atom. The van der Waals surface area contributed by atoms with Crippen molar-refractivity contribution in [2.45, 2.75) is 295 Å². The van der Waals surface area contributed by atoms with Crippen LogP contribution in [0.25, 0.3) is 66.9 Å². The van der Waals surface area contributed by atoms with E-state index in [1.165, 1.54) is 0 Å². The van der Waals surface area contributed by atoms with Crippen LogP contribution in [0.1, 0.15) is 252 Å². The fraction of sp³-hybridized carbons (Fsp3) is 0.465.